The molecular formula is C23H30N2O4S. The summed E-state index contributed by atoms with van der Waals surface area (Å²) in [6, 6.07) is 17.6. The van der Waals surface area contributed by atoms with Gasteiger partial charge < -0.3 is 9.64 Å². The summed E-state index contributed by atoms with van der Waals surface area (Å²) in [5.41, 5.74) is 3.25. The lowest BCUT2D eigenvalue weighted by atomic mass is 9.90. The third kappa shape index (κ3) is 5.21. The van der Waals surface area contributed by atoms with Gasteiger partial charge in [0.25, 0.3) is 0 Å². The van der Waals surface area contributed by atoms with Gasteiger partial charge in [-0.3, -0.25) is 0 Å². The molecule has 0 aromatic heterocycles. The number of hydrogen-bond acceptors (Lipinski definition) is 4. The molecular weight excluding hydrogens is 400 g/mol. The van der Waals surface area contributed by atoms with E-state index in [-0.39, 0.29) is 12.1 Å². The molecule has 162 valence electrons. The predicted molar refractivity (Wildman–Crippen MR) is 119 cm³/mol. The van der Waals surface area contributed by atoms with Crippen LogP contribution in [0.1, 0.15) is 32.3 Å². The van der Waals surface area contributed by atoms with Gasteiger partial charge in [-0.2, -0.15) is 0 Å². The van der Waals surface area contributed by atoms with E-state index < -0.39 is 21.4 Å². The first-order valence-electron chi connectivity index (χ1n) is 10.3. The monoisotopic (exact) mass is 430 g/mol. The summed E-state index contributed by atoms with van der Waals surface area (Å²) >= 11 is 0. The topological polar surface area (TPSA) is 75.7 Å². The molecule has 1 amide bonds. The van der Waals surface area contributed by atoms with E-state index in [1.165, 1.54) is 7.11 Å². The van der Waals surface area contributed by atoms with Crippen molar-refractivity contribution >= 4 is 16.1 Å². The molecule has 1 aliphatic heterocycles. The molecule has 0 spiro atoms. The van der Waals surface area contributed by atoms with Gasteiger partial charge in [-0.25, -0.2) is 17.9 Å². The molecule has 0 radical (unpaired) electrons. The van der Waals surface area contributed by atoms with Crippen molar-refractivity contribution in [1.29, 1.82) is 0 Å². The summed E-state index contributed by atoms with van der Waals surface area (Å²) in [6.45, 7) is 3.86. The summed E-state index contributed by atoms with van der Waals surface area (Å²) in [4.78, 5) is 14.1. The van der Waals surface area contributed by atoms with Crippen molar-refractivity contribution in [3.8, 4) is 11.1 Å². The Hall–Kier alpha value is -2.38. The fourth-order valence-electron chi connectivity index (χ4n) is 3.89. The second kappa shape index (κ2) is 9.62. The number of rotatable bonds is 6. The molecule has 2 aromatic rings. The Kier molecular flexibility index (Phi) is 7.15. The van der Waals surface area contributed by atoms with E-state index >= 15 is 0 Å². The minimum atomic E-state index is -3.46. The van der Waals surface area contributed by atoms with Crippen LogP contribution in [0.5, 0.6) is 0 Å². The Bertz CT molecular complexity index is 960. The smallest absolute Gasteiger partial charge is 0.409 e. The number of sulfonamides is 1. The number of methoxy groups -OCH3 is 1. The Morgan fingerprint density at radius 2 is 1.83 bits per heavy atom. The molecule has 0 saturated carbocycles. The third-order valence-corrected chi connectivity index (χ3v) is 7.48. The maximum absolute atomic E-state index is 12.5. The van der Waals surface area contributed by atoms with Crippen LogP contribution in [0.3, 0.4) is 0 Å². The number of benzene rings is 2. The SMILES string of the molecule is COC(=O)N1CCC[C@H](NS(=O)(=O)C(C)C)[C@@H]1Cc1cccc(-c2ccccc2)c1. The number of carbonyl (C=O) groups is 1. The summed E-state index contributed by atoms with van der Waals surface area (Å²) in [5, 5.41) is -0.534. The fraction of sp³-hybridized carbons (Fsp3) is 0.435. The number of amides is 1. The molecule has 2 atom stereocenters. The maximum Gasteiger partial charge on any atom is 0.409 e. The third-order valence-electron chi connectivity index (χ3n) is 5.60. The lowest BCUT2D eigenvalue weighted by Crippen LogP contribution is -2.58. The molecule has 7 heteroatoms. The molecule has 0 bridgehead atoms. The van der Waals surface area contributed by atoms with Crippen LogP contribution in [-0.4, -0.2) is 50.4 Å². The summed E-state index contributed by atoms with van der Waals surface area (Å²) < 4.78 is 32.9. The van der Waals surface area contributed by atoms with Crippen LogP contribution in [0.2, 0.25) is 0 Å². The van der Waals surface area contributed by atoms with Gasteiger partial charge in [0.1, 0.15) is 0 Å². The van der Waals surface area contributed by atoms with E-state index in [1.54, 1.807) is 18.7 Å². The van der Waals surface area contributed by atoms with Crippen molar-refractivity contribution in [2.24, 2.45) is 0 Å². The Morgan fingerprint density at radius 3 is 2.50 bits per heavy atom. The number of piperidine rings is 1. The molecule has 0 unspecified atom stereocenters. The van der Waals surface area contributed by atoms with E-state index in [9.17, 15) is 13.2 Å². The average molecular weight is 431 g/mol. The molecule has 30 heavy (non-hydrogen) atoms. The van der Waals surface area contributed by atoms with Crippen molar-refractivity contribution in [2.45, 2.75) is 50.4 Å². The minimum Gasteiger partial charge on any atom is -0.453 e. The molecule has 6 nitrogen and oxygen atoms in total. The first kappa shape index (κ1) is 22.3. The van der Waals surface area contributed by atoms with Crippen molar-refractivity contribution in [2.75, 3.05) is 13.7 Å². The van der Waals surface area contributed by atoms with Crippen molar-refractivity contribution in [3.05, 3.63) is 60.2 Å². The Morgan fingerprint density at radius 1 is 1.13 bits per heavy atom. The number of carbonyl (C=O) groups excluding carboxylic acids is 1. The normalized spacial score (nSPS) is 19.7. The van der Waals surface area contributed by atoms with Gasteiger partial charge in [0.15, 0.2) is 0 Å². The van der Waals surface area contributed by atoms with E-state index in [4.69, 9.17) is 4.74 Å². The number of likely N-dealkylation sites (tertiary alicyclic amines) is 1. The number of hydrogen-bond donors (Lipinski definition) is 1. The molecule has 1 saturated heterocycles. The highest BCUT2D eigenvalue weighted by atomic mass is 32.2. The zero-order valence-corrected chi connectivity index (χ0v) is 18.6. The Labute approximate surface area is 179 Å². The van der Waals surface area contributed by atoms with Gasteiger partial charge in [-0.15, -0.1) is 0 Å². The molecule has 2 aromatic carbocycles. The van der Waals surface area contributed by atoms with Gasteiger partial charge >= 0.3 is 6.09 Å². The zero-order chi connectivity index (χ0) is 21.7. The van der Waals surface area contributed by atoms with E-state index in [0.29, 0.717) is 19.4 Å². The predicted octanol–water partition coefficient (Wildman–Crippen LogP) is 3.82. The quantitative estimate of drug-likeness (QED) is 0.756. The molecule has 1 heterocycles. The van der Waals surface area contributed by atoms with Crippen LogP contribution in [0.4, 0.5) is 4.79 Å². The average Bonchev–Trinajstić information content (AvgIpc) is 2.75. The second-order valence-electron chi connectivity index (χ2n) is 7.96. The van der Waals surface area contributed by atoms with Crippen LogP contribution in [0.25, 0.3) is 11.1 Å². The summed E-state index contributed by atoms with van der Waals surface area (Å²) in [7, 11) is -2.10. The first-order chi connectivity index (χ1) is 14.3. The Balaban J connectivity index is 1.90. The van der Waals surface area contributed by atoms with Gasteiger partial charge in [0.05, 0.1) is 18.4 Å². The largest absolute Gasteiger partial charge is 0.453 e. The maximum atomic E-state index is 12.5. The lowest BCUT2D eigenvalue weighted by molar-refractivity contribution is 0.0792. The first-order valence-corrected chi connectivity index (χ1v) is 11.9. The van der Waals surface area contributed by atoms with Crippen LogP contribution in [-0.2, 0) is 21.2 Å². The lowest BCUT2D eigenvalue weighted by Gasteiger charge is -2.41. The summed E-state index contributed by atoms with van der Waals surface area (Å²) in [6.07, 6.45) is 1.53. The minimum absolute atomic E-state index is 0.314. The molecule has 0 aliphatic carbocycles. The second-order valence-corrected chi connectivity index (χ2v) is 10.2. The standard InChI is InChI=1S/C23H30N2O4S/c1-17(2)30(27,28)24-21-13-8-14-25(23(26)29-3)22(21)16-18-9-7-12-20(15-18)19-10-5-4-6-11-19/h4-7,9-12,15,17,21-22,24H,8,13-14,16H2,1-3H3/t21-,22-/m0/s1. The van der Waals surface area contributed by atoms with E-state index in [1.807, 2.05) is 30.3 Å². The highest BCUT2D eigenvalue weighted by molar-refractivity contribution is 7.90. The molecule has 1 N–H and O–H groups in total. The fourth-order valence-corrected chi connectivity index (χ4v) is 4.86. The van der Waals surface area contributed by atoms with Crippen molar-refractivity contribution in [1.82, 2.24) is 9.62 Å². The molecule has 3 rings (SSSR count). The van der Waals surface area contributed by atoms with E-state index in [0.717, 1.165) is 23.1 Å². The molecule has 1 fully saturated rings. The van der Waals surface area contributed by atoms with Gasteiger partial charge in [0, 0.05) is 12.6 Å². The van der Waals surface area contributed by atoms with Crippen molar-refractivity contribution < 1.29 is 17.9 Å². The van der Waals surface area contributed by atoms with Crippen LogP contribution < -0.4 is 4.72 Å². The number of nitrogens with zero attached hydrogens (tertiary/aromatic N) is 1. The van der Waals surface area contributed by atoms with Crippen LogP contribution in [0.15, 0.2) is 54.6 Å². The van der Waals surface area contributed by atoms with Gasteiger partial charge in [-0.1, -0.05) is 54.6 Å². The number of nitrogens with one attached hydrogen (secondary N) is 1. The zero-order valence-electron chi connectivity index (χ0n) is 17.7. The number of ether oxygens (including phenoxy) is 1. The molecule has 1 aliphatic rings. The summed E-state index contributed by atoms with van der Waals surface area (Å²) in [5.74, 6) is 0. The highest BCUT2D eigenvalue weighted by Crippen LogP contribution is 2.26. The van der Waals surface area contributed by atoms with E-state index in [2.05, 4.69) is 29.0 Å². The highest BCUT2D eigenvalue weighted by Gasteiger charge is 2.37. The van der Waals surface area contributed by atoms with Gasteiger partial charge in [0.2, 0.25) is 10.0 Å². The van der Waals surface area contributed by atoms with Crippen LogP contribution in [0, 0.1) is 0 Å². The van der Waals surface area contributed by atoms with Crippen molar-refractivity contribution in [3.63, 3.8) is 0 Å². The van der Waals surface area contributed by atoms with Crippen LogP contribution >= 0.6 is 0 Å². The van der Waals surface area contributed by atoms with Gasteiger partial charge in [-0.05, 0) is 49.8 Å².